The fourth-order valence-corrected chi connectivity index (χ4v) is 5.15. The Morgan fingerprint density at radius 1 is 0.857 bits per heavy atom. The van der Waals surface area contributed by atoms with E-state index in [0.717, 1.165) is 69.7 Å². The Morgan fingerprint density at radius 2 is 1.57 bits per heavy atom. The van der Waals surface area contributed by atoms with Crippen LogP contribution in [0.15, 0.2) is 91.0 Å². The van der Waals surface area contributed by atoms with Crippen LogP contribution in [0.2, 0.25) is 0 Å². The second-order valence-electron chi connectivity index (χ2n) is 11.8. The Bertz CT molecular complexity index is 1660. The molecule has 4 aromatic carbocycles. The smallest absolute Gasteiger partial charge is 0.339 e. The van der Waals surface area contributed by atoms with E-state index >= 15 is 0 Å². The van der Waals surface area contributed by atoms with Crippen LogP contribution in [0.5, 0.6) is 5.75 Å². The maximum Gasteiger partial charge on any atom is 0.339 e. The number of fused-ring (bicyclic) bond motifs is 1. The molecule has 42 heavy (non-hydrogen) atoms. The highest BCUT2D eigenvalue weighted by Crippen LogP contribution is 2.32. The first-order valence-corrected chi connectivity index (χ1v) is 14.8. The summed E-state index contributed by atoms with van der Waals surface area (Å²) in [5.74, 6) is 1.61. The summed E-state index contributed by atoms with van der Waals surface area (Å²) in [5, 5.41) is 0. The second kappa shape index (κ2) is 12.6. The summed E-state index contributed by atoms with van der Waals surface area (Å²) in [6, 6.07) is 30.5. The minimum absolute atomic E-state index is 0.314. The summed E-state index contributed by atoms with van der Waals surface area (Å²) in [4.78, 5) is 18.1. The number of esters is 1. The van der Waals surface area contributed by atoms with E-state index in [0.29, 0.717) is 18.7 Å². The summed E-state index contributed by atoms with van der Waals surface area (Å²) in [5.41, 5.74) is 7.31. The number of hydrogen-bond donors (Lipinski definition) is 0. The van der Waals surface area contributed by atoms with E-state index in [1.54, 1.807) is 0 Å². The number of aryl methyl sites for hydroxylation is 2. The summed E-state index contributed by atoms with van der Waals surface area (Å²) in [6.07, 6.45) is 3.08. The molecule has 1 aromatic heterocycles. The predicted molar refractivity (Wildman–Crippen MR) is 170 cm³/mol. The van der Waals surface area contributed by atoms with Gasteiger partial charge in [0.1, 0.15) is 29.3 Å². The first kappa shape index (κ1) is 29.1. The molecule has 0 unspecified atom stereocenters. The number of rotatable bonds is 10. The number of carbonyl (C=O) groups excluding carboxylic acids is 1. The van der Waals surface area contributed by atoms with E-state index in [1.807, 2.05) is 63.2 Å². The van der Waals surface area contributed by atoms with Crippen molar-refractivity contribution in [2.45, 2.75) is 72.6 Å². The minimum atomic E-state index is -0.556. The quantitative estimate of drug-likeness (QED) is 0.160. The van der Waals surface area contributed by atoms with Gasteiger partial charge in [0.05, 0.1) is 11.1 Å². The van der Waals surface area contributed by atoms with Gasteiger partial charge in [-0.2, -0.15) is 0 Å². The van der Waals surface area contributed by atoms with Gasteiger partial charge in [0.15, 0.2) is 0 Å². The van der Waals surface area contributed by atoms with Crippen LogP contribution in [-0.2, 0) is 24.3 Å². The zero-order valence-electron chi connectivity index (χ0n) is 25.3. The number of nitrogens with zero attached hydrogens (tertiary/aromatic N) is 2. The molecule has 0 N–H and O–H groups in total. The number of carbonyl (C=O) groups is 1. The highest BCUT2D eigenvalue weighted by Gasteiger charge is 2.21. The average molecular weight is 561 g/mol. The van der Waals surface area contributed by atoms with Crippen molar-refractivity contribution in [3.8, 4) is 16.9 Å². The number of benzene rings is 4. The summed E-state index contributed by atoms with van der Waals surface area (Å²) >= 11 is 0. The molecule has 0 atom stereocenters. The average Bonchev–Trinajstić information content (AvgIpc) is 3.34. The van der Waals surface area contributed by atoms with Crippen molar-refractivity contribution in [2.24, 2.45) is 0 Å². The van der Waals surface area contributed by atoms with Crippen molar-refractivity contribution >= 4 is 17.0 Å². The zero-order chi connectivity index (χ0) is 29.7. The Labute approximate surface area is 249 Å². The first-order valence-electron chi connectivity index (χ1n) is 14.8. The molecule has 5 nitrogen and oxygen atoms in total. The van der Waals surface area contributed by atoms with Crippen LogP contribution in [-0.4, -0.2) is 21.1 Å². The molecule has 0 spiro atoms. The molecule has 0 radical (unpaired) electrons. The monoisotopic (exact) mass is 560 g/mol. The van der Waals surface area contributed by atoms with Gasteiger partial charge in [0.25, 0.3) is 0 Å². The molecule has 216 valence electrons. The molecule has 0 aliphatic rings. The highest BCUT2D eigenvalue weighted by atomic mass is 16.6. The van der Waals surface area contributed by atoms with Gasteiger partial charge in [-0.3, -0.25) is 0 Å². The third-order valence-corrected chi connectivity index (χ3v) is 7.28. The number of unbranched alkanes of at least 4 members (excludes halogenated alkanes) is 1. The lowest BCUT2D eigenvalue weighted by atomic mass is 9.98. The molecule has 5 rings (SSSR count). The maximum absolute atomic E-state index is 12.9. The fraction of sp³-hybridized carbons (Fsp3) is 0.297. The zero-order valence-corrected chi connectivity index (χ0v) is 25.3. The maximum atomic E-state index is 12.9. The molecular formula is C37H40N2O3. The van der Waals surface area contributed by atoms with Crippen molar-refractivity contribution in [1.29, 1.82) is 0 Å². The van der Waals surface area contributed by atoms with Crippen LogP contribution < -0.4 is 4.74 Å². The molecule has 5 aromatic rings. The van der Waals surface area contributed by atoms with Gasteiger partial charge in [0.2, 0.25) is 0 Å². The van der Waals surface area contributed by atoms with Crippen molar-refractivity contribution in [1.82, 2.24) is 9.55 Å². The van der Waals surface area contributed by atoms with Crippen LogP contribution >= 0.6 is 0 Å². The lowest BCUT2D eigenvalue weighted by Crippen LogP contribution is -2.24. The van der Waals surface area contributed by atoms with Crippen molar-refractivity contribution in [2.75, 3.05) is 0 Å². The van der Waals surface area contributed by atoms with Crippen molar-refractivity contribution in [3.63, 3.8) is 0 Å². The van der Waals surface area contributed by atoms with E-state index in [4.69, 9.17) is 14.5 Å². The van der Waals surface area contributed by atoms with Gasteiger partial charge < -0.3 is 14.0 Å². The van der Waals surface area contributed by atoms with E-state index in [9.17, 15) is 4.79 Å². The SMILES string of the molecule is CCCCc1nc2c(C)ccc(OCc3ccccc3)c2n1Cc1ccc(-c2ccccc2C(=O)OC(C)(C)C)cc1. The van der Waals surface area contributed by atoms with Crippen LogP contribution in [0, 0.1) is 6.92 Å². The van der Waals surface area contributed by atoms with Crippen LogP contribution in [0.25, 0.3) is 22.2 Å². The third-order valence-electron chi connectivity index (χ3n) is 7.28. The van der Waals surface area contributed by atoms with Gasteiger partial charge in [-0.05, 0) is 74.1 Å². The van der Waals surface area contributed by atoms with Gasteiger partial charge in [-0.1, -0.05) is 92.2 Å². The fourth-order valence-electron chi connectivity index (χ4n) is 5.15. The van der Waals surface area contributed by atoms with E-state index in [1.165, 1.54) is 0 Å². The molecule has 0 saturated carbocycles. The topological polar surface area (TPSA) is 53.4 Å². The van der Waals surface area contributed by atoms with Crippen molar-refractivity contribution in [3.05, 3.63) is 119 Å². The molecule has 0 fully saturated rings. The Morgan fingerprint density at radius 3 is 2.29 bits per heavy atom. The molecule has 0 aliphatic heterocycles. The lowest BCUT2D eigenvalue weighted by Gasteiger charge is -2.20. The first-order chi connectivity index (χ1) is 20.2. The largest absolute Gasteiger partial charge is 0.487 e. The molecule has 0 saturated heterocycles. The molecule has 5 heteroatoms. The Balaban J connectivity index is 1.48. The van der Waals surface area contributed by atoms with Gasteiger partial charge in [0, 0.05) is 13.0 Å². The van der Waals surface area contributed by atoms with E-state index in [-0.39, 0.29) is 5.97 Å². The minimum Gasteiger partial charge on any atom is -0.487 e. The Kier molecular flexibility index (Phi) is 8.77. The molecular weight excluding hydrogens is 520 g/mol. The van der Waals surface area contributed by atoms with Gasteiger partial charge in [-0.15, -0.1) is 0 Å². The summed E-state index contributed by atoms with van der Waals surface area (Å²) in [6.45, 7) is 11.2. The third kappa shape index (κ3) is 6.73. The van der Waals surface area contributed by atoms with E-state index in [2.05, 4.69) is 66.9 Å². The van der Waals surface area contributed by atoms with E-state index < -0.39 is 5.60 Å². The summed E-state index contributed by atoms with van der Waals surface area (Å²) < 4.78 is 14.4. The molecule has 1 heterocycles. The molecule has 0 aliphatic carbocycles. The summed E-state index contributed by atoms with van der Waals surface area (Å²) in [7, 11) is 0. The van der Waals surface area contributed by atoms with Crippen LogP contribution in [0.3, 0.4) is 0 Å². The molecule has 0 amide bonds. The Hall–Kier alpha value is -4.38. The number of aromatic nitrogens is 2. The predicted octanol–water partition coefficient (Wildman–Crippen LogP) is 8.94. The van der Waals surface area contributed by atoms with Crippen molar-refractivity contribution < 1.29 is 14.3 Å². The number of imidazole rings is 1. The standard InChI is InChI=1S/C37H40N2O3/c1-6-7-17-33-38-34-26(2)18-23-32(41-25-28-13-9-8-10-14-28)35(34)39(33)24-27-19-21-29(22-20-27)30-15-11-12-16-31(30)36(40)42-37(3,4)5/h8-16,18-23H,6-7,17,24-25H2,1-5H3. The van der Waals surface area contributed by atoms with Crippen LogP contribution in [0.1, 0.15) is 73.4 Å². The van der Waals surface area contributed by atoms with Gasteiger partial charge >= 0.3 is 5.97 Å². The second-order valence-corrected chi connectivity index (χ2v) is 11.8. The lowest BCUT2D eigenvalue weighted by molar-refractivity contribution is 0.00704. The normalized spacial score (nSPS) is 11.5. The van der Waals surface area contributed by atoms with Crippen LogP contribution in [0.4, 0.5) is 0 Å². The number of hydrogen-bond acceptors (Lipinski definition) is 4. The highest BCUT2D eigenvalue weighted by molar-refractivity contribution is 5.97. The molecule has 0 bridgehead atoms. The number of ether oxygens (including phenoxy) is 2. The van der Waals surface area contributed by atoms with Gasteiger partial charge in [-0.25, -0.2) is 9.78 Å².